The largest absolute Gasteiger partial charge is 0.453 e. The van der Waals surface area contributed by atoms with Crippen molar-refractivity contribution in [3.63, 3.8) is 0 Å². The quantitative estimate of drug-likeness (QED) is 0.104. The van der Waals surface area contributed by atoms with Crippen molar-refractivity contribution in [1.82, 2.24) is 30.4 Å². The summed E-state index contributed by atoms with van der Waals surface area (Å²) in [6.45, 7) is 4.30. The van der Waals surface area contributed by atoms with Crippen molar-refractivity contribution in [3.05, 3.63) is 94.7 Å². The second-order valence-corrected chi connectivity index (χ2v) is 17.2. The fraction of sp³-hybridized carbons (Fsp3) is 0.364. The van der Waals surface area contributed by atoms with Crippen molar-refractivity contribution in [2.24, 2.45) is 10.9 Å². The number of aromatic amines is 1. The van der Waals surface area contributed by atoms with Crippen LogP contribution in [-0.4, -0.2) is 93.3 Å². The minimum absolute atomic E-state index is 0.0910. The maximum atomic E-state index is 13.9. The third-order valence-electron chi connectivity index (χ3n) is 11.5. The number of carbonyl (C=O) groups is 4. The molecule has 13 nitrogen and oxygen atoms in total. The van der Waals surface area contributed by atoms with Gasteiger partial charge in [0.15, 0.2) is 0 Å². The molecule has 0 spiro atoms. The van der Waals surface area contributed by atoms with Crippen LogP contribution in [0.3, 0.4) is 0 Å². The standard InChI is InChI=1S/C44H47N7O6S2/c1-25(2)37(49-44(56)57-3)42(54)50-17-7-11-34(50)32-19-29(20-45-32)31-24-59-39-30(23-58-40(31)39)26-13-15-27(16-14-26)33-21-46-41(47-33)35-12-8-18-51(35)43(55)38(48-36(53)22-52)28-9-5-4-6-10-28/h4-6,9-10,13-16,20-21,23-25,34-35,37-38,52H,7-8,11-12,17-19,22H2,1-3H3,(H,46,47)(H,48,53)(H,49,56)/t34?,35?,37-,38+/m0/s1. The molecule has 3 aliphatic rings. The van der Waals surface area contributed by atoms with E-state index < -0.39 is 30.7 Å². The monoisotopic (exact) mass is 833 g/mol. The Hall–Kier alpha value is -5.64. The summed E-state index contributed by atoms with van der Waals surface area (Å²) in [7, 11) is 1.30. The number of aliphatic hydroxyl groups excluding tert-OH is 1. The number of nitrogens with one attached hydrogen (secondary N) is 3. The molecule has 6 heterocycles. The smallest absolute Gasteiger partial charge is 0.407 e. The lowest BCUT2D eigenvalue weighted by Crippen LogP contribution is -2.53. The van der Waals surface area contributed by atoms with E-state index in [1.807, 2.05) is 43.1 Å². The first-order chi connectivity index (χ1) is 28.6. The van der Waals surface area contributed by atoms with Crippen LogP contribution in [-0.2, 0) is 19.1 Å². The number of likely N-dealkylation sites (tertiary alicyclic amines) is 2. The van der Waals surface area contributed by atoms with Gasteiger partial charge in [-0.05, 0) is 53.9 Å². The molecule has 0 radical (unpaired) electrons. The van der Waals surface area contributed by atoms with Gasteiger partial charge in [-0.1, -0.05) is 68.4 Å². The summed E-state index contributed by atoms with van der Waals surface area (Å²) in [6, 6.07) is 15.5. The highest BCUT2D eigenvalue weighted by atomic mass is 32.1. The van der Waals surface area contributed by atoms with E-state index in [0.29, 0.717) is 30.9 Å². The summed E-state index contributed by atoms with van der Waals surface area (Å²) < 4.78 is 7.23. The molecule has 306 valence electrons. The van der Waals surface area contributed by atoms with Gasteiger partial charge in [-0.15, -0.1) is 22.7 Å². The Morgan fingerprint density at radius 1 is 0.881 bits per heavy atom. The fourth-order valence-corrected chi connectivity index (χ4v) is 10.9. The number of benzene rings is 2. The third kappa shape index (κ3) is 8.06. The number of alkyl carbamates (subject to hydrolysis) is 1. The van der Waals surface area contributed by atoms with Gasteiger partial charge in [0, 0.05) is 53.3 Å². The number of allylic oxidation sites excluding steroid dienone is 1. The summed E-state index contributed by atoms with van der Waals surface area (Å²) in [5.41, 5.74) is 8.05. The number of thiophene rings is 2. The van der Waals surface area contributed by atoms with E-state index in [1.54, 1.807) is 45.9 Å². The van der Waals surface area contributed by atoms with Crippen molar-refractivity contribution in [1.29, 1.82) is 0 Å². The number of hydrogen-bond acceptors (Lipinski definition) is 10. The number of ether oxygens (including phenoxy) is 1. The van der Waals surface area contributed by atoms with Gasteiger partial charge in [-0.3, -0.25) is 19.4 Å². The van der Waals surface area contributed by atoms with E-state index in [1.165, 1.54) is 27.6 Å². The van der Waals surface area contributed by atoms with Gasteiger partial charge < -0.3 is 35.3 Å². The first-order valence-corrected chi connectivity index (χ1v) is 21.7. The maximum Gasteiger partial charge on any atom is 0.407 e. The Labute approximate surface area is 350 Å². The second kappa shape index (κ2) is 17.3. The Morgan fingerprint density at radius 2 is 1.54 bits per heavy atom. The number of carbonyl (C=O) groups excluding carboxylic acids is 4. The van der Waals surface area contributed by atoms with Crippen molar-refractivity contribution < 1.29 is 29.0 Å². The lowest BCUT2D eigenvalue weighted by atomic mass is 9.98. The number of fused-ring (bicyclic) bond motifs is 1. The van der Waals surface area contributed by atoms with Crippen LogP contribution in [0, 0.1) is 5.92 Å². The zero-order valence-corrected chi connectivity index (χ0v) is 34.8. The summed E-state index contributed by atoms with van der Waals surface area (Å²) in [4.78, 5) is 68.5. The number of imidazole rings is 1. The zero-order valence-electron chi connectivity index (χ0n) is 33.1. The van der Waals surface area contributed by atoms with E-state index in [-0.39, 0.29) is 29.8 Å². The highest BCUT2D eigenvalue weighted by Gasteiger charge is 2.39. The number of amides is 4. The number of rotatable bonds is 12. The van der Waals surface area contributed by atoms with Gasteiger partial charge in [0.25, 0.3) is 0 Å². The number of aliphatic imine (C=N–C) groups is 1. The van der Waals surface area contributed by atoms with E-state index in [2.05, 4.69) is 50.6 Å². The van der Waals surface area contributed by atoms with E-state index >= 15 is 0 Å². The molecule has 4 amide bonds. The van der Waals surface area contributed by atoms with Crippen LogP contribution in [0.1, 0.15) is 75.0 Å². The maximum absolute atomic E-state index is 13.9. The molecule has 3 aliphatic heterocycles. The summed E-state index contributed by atoms with van der Waals surface area (Å²) >= 11 is 3.45. The molecule has 3 aromatic heterocycles. The van der Waals surface area contributed by atoms with Gasteiger partial charge in [0.2, 0.25) is 17.7 Å². The molecule has 15 heteroatoms. The van der Waals surface area contributed by atoms with Crippen LogP contribution in [0.15, 0.2) is 82.7 Å². The summed E-state index contributed by atoms with van der Waals surface area (Å²) in [5, 5.41) is 19.2. The molecule has 8 rings (SSSR count). The van der Waals surface area contributed by atoms with E-state index in [4.69, 9.17) is 14.7 Å². The van der Waals surface area contributed by atoms with Crippen LogP contribution in [0.2, 0.25) is 0 Å². The molecule has 2 saturated heterocycles. The molecule has 4 atom stereocenters. The average molecular weight is 834 g/mol. The lowest BCUT2D eigenvalue weighted by molar-refractivity contribution is -0.138. The molecule has 2 aromatic carbocycles. The van der Waals surface area contributed by atoms with Gasteiger partial charge in [0.1, 0.15) is 24.5 Å². The highest BCUT2D eigenvalue weighted by Crippen LogP contribution is 2.45. The Kier molecular flexibility index (Phi) is 11.8. The van der Waals surface area contributed by atoms with Crippen LogP contribution in [0.25, 0.3) is 37.4 Å². The van der Waals surface area contributed by atoms with Crippen LogP contribution >= 0.6 is 22.7 Å². The fourth-order valence-electron chi connectivity index (χ4n) is 8.42. The molecule has 0 aliphatic carbocycles. The number of H-pyrrole nitrogens is 1. The summed E-state index contributed by atoms with van der Waals surface area (Å²) in [6.07, 6.45) is 7.08. The predicted molar refractivity (Wildman–Crippen MR) is 230 cm³/mol. The van der Waals surface area contributed by atoms with E-state index in [9.17, 15) is 24.3 Å². The van der Waals surface area contributed by atoms with Crippen molar-refractivity contribution >= 4 is 67.2 Å². The third-order valence-corrected chi connectivity index (χ3v) is 13.6. The topological polar surface area (TPSA) is 169 Å². The van der Waals surface area contributed by atoms with Crippen molar-refractivity contribution in [3.8, 4) is 22.4 Å². The first-order valence-electron chi connectivity index (χ1n) is 20.0. The van der Waals surface area contributed by atoms with Gasteiger partial charge >= 0.3 is 6.09 Å². The lowest BCUT2D eigenvalue weighted by Gasteiger charge is -2.31. The molecule has 0 saturated carbocycles. The number of methoxy groups -OCH3 is 1. The van der Waals surface area contributed by atoms with Crippen LogP contribution < -0.4 is 10.6 Å². The van der Waals surface area contributed by atoms with Crippen molar-refractivity contribution in [2.75, 3.05) is 26.8 Å². The Morgan fingerprint density at radius 3 is 2.24 bits per heavy atom. The molecule has 2 fully saturated rings. The second-order valence-electron chi connectivity index (χ2n) is 15.5. The number of aromatic nitrogens is 2. The van der Waals surface area contributed by atoms with Gasteiger partial charge in [-0.25, -0.2) is 9.78 Å². The average Bonchev–Trinajstić information content (AvgIpc) is 4.11. The number of hydrogen-bond donors (Lipinski definition) is 4. The number of nitrogens with zero attached hydrogens (tertiary/aromatic N) is 4. The molecule has 0 bridgehead atoms. The molecule has 59 heavy (non-hydrogen) atoms. The van der Waals surface area contributed by atoms with Crippen LogP contribution in [0.5, 0.6) is 0 Å². The molecule has 5 aromatic rings. The van der Waals surface area contributed by atoms with Crippen LogP contribution in [0.4, 0.5) is 4.79 Å². The molecule has 4 N–H and O–H groups in total. The van der Waals surface area contributed by atoms with Gasteiger partial charge in [0.05, 0.1) is 40.5 Å². The minimum atomic E-state index is -0.913. The Bertz CT molecular complexity index is 2420. The SMILES string of the molecule is COC(=O)N[C@H](C(=O)N1CCCC1C1=NC=C(c2csc3c(-c4ccc(-c5cnc(C6CCCN6C(=O)[C@H](NC(=O)CO)c6ccccc6)[nH]5)cc4)csc23)C1)C(C)C. The normalized spacial score (nSPS) is 18.9. The first kappa shape index (κ1) is 40.2. The Balaban J connectivity index is 0.939. The van der Waals surface area contributed by atoms with E-state index in [0.717, 1.165) is 53.8 Å². The molecule has 2 unspecified atom stereocenters. The zero-order chi connectivity index (χ0) is 41.2. The highest BCUT2D eigenvalue weighted by molar-refractivity contribution is 7.27. The van der Waals surface area contributed by atoms with Gasteiger partial charge in [-0.2, -0.15) is 0 Å². The molecular weight excluding hydrogens is 787 g/mol. The van der Waals surface area contributed by atoms with Crippen molar-refractivity contribution in [2.45, 2.75) is 70.1 Å². The minimum Gasteiger partial charge on any atom is -0.453 e. The molecular formula is C44H47N7O6S2. The summed E-state index contributed by atoms with van der Waals surface area (Å²) in [5.74, 6) is -0.350. The predicted octanol–water partition coefficient (Wildman–Crippen LogP) is 7.09. The number of aliphatic hydroxyl groups is 1.